The van der Waals surface area contributed by atoms with Crippen molar-refractivity contribution >= 4 is 11.4 Å². The summed E-state index contributed by atoms with van der Waals surface area (Å²) in [4.78, 5) is 0. The van der Waals surface area contributed by atoms with Gasteiger partial charge in [0, 0.05) is 17.7 Å². The largest absolute Gasteiger partial charge is 0.506 e. The Balaban J connectivity index is 1.17. The molecule has 4 saturated carbocycles. The normalized spacial score (nSPS) is 24.2. The number of nitrogens with two attached hydrogens (primary N) is 2. The van der Waals surface area contributed by atoms with Crippen molar-refractivity contribution in [1.82, 2.24) is 0 Å². The molecule has 6 N–H and O–H groups in total. The van der Waals surface area contributed by atoms with Gasteiger partial charge in [0.2, 0.25) is 0 Å². The molecule has 8 rings (SSSR count). The predicted molar refractivity (Wildman–Crippen MR) is 158 cm³/mol. The Hall–Kier alpha value is -4.52. The zero-order valence-corrected chi connectivity index (χ0v) is 22.8. The monoisotopic (exact) mass is 550 g/mol. The highest BCUT2D eigenvalue weighted by molar-refractivity contribution is 5.57. The van der Waals surface area contributed by atoms with E-state index in [1.165, 1.54) is 50.2 Å². The Labute approximate surface area is 239 Å². The Bertz CT molecular complexity index is 1560. The van der Waals surface area contributed by atoms with Crippen molar-refractivity contribution in [3.8, 4) is 46.0 Å². The van der Waals surface area contributed by atoms with Crippen LogP contribution in [0.5, 0.6) is 46.0 Å². The SMILES string of the molecule is Nc1ccc(Oc2ccc(Oc3ccc(Oc4ccc(N)c(O)c4)c(C45CC6CC(CC(C6)C4)C5)c3)cc2)cc1O. The fourth-order valence-electron chi connectivity index (χ4n) is 7.67. The lowest BCUT2D eigenvalue weighted by Gasteiger charge is -2.57. The van der Waals surface area contributed by atoms with E-state index in [9.17, 15) is 10.2 Å². The molecule has 0 heterocycles. The Morgan fingerprint density at radius 3 is 1.44 bits per heavy atom. The van der Waals surface area contributed by atoms with Gasteiger partial charge in [-0.1, -0.05) is 0 Å². The number of ether oxygens (including phenoxy) is 3. The second-order valence-corrected chi connectivity index (χ2v) is 12.1. The van der Waals surface area contributed by atoms with E-state index in [1.807, 2.05) is 36.4 Å². The van der Waals surface area contributed by atoms with Gasteiger partial charge in [-0.25, -0.2) is 0 Å². The van der Waals surface area contributed by atoms with Gasteiger partial charge in [-0.2, -0.15) is 0 Å². The van der Waals surface area contributed by atoms with Gasteiger partial charge in [-0.05, 0) is 128 Å². The molecular weight excluding hydrogens is 516 g/mol. The van der Waals surface area contributed by atoms with E-state index >= 15 is 0 Å². The molecule has 4 aromatic carbocycles. The van der Waals surface area contributed by atoms with Gasteiger partial charge < -0.3 is 35.9 Å². The van der Waals surface area contributed by atoms with Gasteiger partial charge in [-0.15, -0.1) is 0 Å². The fraction of sp³-hybridized carbons (Fsp3) is 0.294. The molecule has 0 unspecified atom stereocenters. The molecule has 4 aromatic rings. The molecule has 0 spiro atoms. The summed E-state index contributed by atoms with van der Waals surface area (Å²) in [5.74, 6) is 6.23. The van der Waals surface area contributed by atoms with Crippen LogP contribution in [0.1, 0.15) is 44.1 Å². The number of rotatable bonds is 7. The van der Waals surface area contributed by atoms with Crippen molar-refractivity contribution in [3.05, 3.63) is 84.4 Å². The standard InChI is InChI=1S/C34H34N2O5/c35-29-8-5-26(15-31(29)37)40-24-3-1-23(2-4-24)39-25-7-10-33(41-27-6-9-30(36)32(38)16-27)28(14-25)34-17-20-11-21(18-34)13-22(12-20)19-34/h1-10,14-16,20-22,37-38H,11-13,17-19,35-36H2. The van der Waals surface area contributed by atoms with Crippen LogP contribution in [-0.4, -0.2) is 10.2 Å². The minimum Gasteiger partial charge on any atom is -0.506 e. The Morgan fingerprint density at radius 2 is 0.951 bits per heavy atom. The molecule has 7 nitrogen and oxygen atoms in total. The number of hydrogen-bond donors (Lipinski definition) is 4. The molecule has 4 aliphatic rings. The number of phenolic OH excluding ortho intramolecular Hbond substituents is 2. The molecule has 0 aliphatic heterocycles. The number of nitrogen functional groups attached to an aromatic ring is 2. The van der Waals surface area contributed by atoms with Crippen molar-refractivity contribution in [2.24, 2.45) is 17.8 Å². The molecule has 41 heavy (non-hydrogen) atoms. The summed E-state index contributed by atoms with van der Waals surface area (Å²) in [7, 11) is 0. The molecule has 0 atom stereocenters. The number of phenols is 2. The fourth-order valence-corrected chi connectivity index (χ4v) is 7.67. The van der Waals surface area contributed by atoms with Crippen molar-refractivity contribution in [2.75, 3.05) is 11.5 Å². The van der Waals surface area contributed by atoms with Crippen LogP contribution in [0, 0.1) is 17.8 Å². The number of benzene rings is 4. The van der Waals surface area contributed by atoms with Crippen LogP contribution in [0.4, 0.5) is 11.4 Å². The first kappa shape index (κ1) is 25.4. The third-order valence-electron chi connectivity index (χ3n) is 9.09. The lowest BCUT2D eigenvalue weighted by Crippen LogP contribution is -2.48. The van der Waals surface area contributed by atoms with Gasteiger partial charge in [0.25, 0.3) is 0 Å². The summed E-state index contributed by atoms with van der Waals surface area (Å²) >= 11 is 0. The van der Waals surface area contributed by atoms with E-state index in [-0.39, 0.29) is 16.9 Å². The van der Waals surface area contributed by atoms with Crippen LogP contribution in [0.2, 0.25) is 0 Å². The van der Waals surface area contributed by atoms with Crippen LogP contribution >= 0.6 is 0 Å². The molecule has 4 bridgehead atoms. The van der Waals surface area contributed by atoms with Gasteiger partial charge in [0.05, 0.1) is 11.4 Å². The summed E-state index contributed by atoms with van der Waals surface area (Å²) in [6.45, 7) is 0. The van der Waals surface area contributed by atoms with Crippen LogP contribution < -0.4 is 25.7 Å². The second-order valence-electron chi connectivity index (χ2n) is 12.1. The highest BCUT2D eigenvalue weighted by atomic mass is 16.5. The van der Waals surface area contributed by atoms with Crippen LogP contribution in [0.25, 0.3) is 0 Å². The van der Waals surface area contributed by atoms with Crippen molar-refractivity contribution in [1.29, 1.82) is 0 Å². The number of anilines is 2. The average molecular weight is 551 g/mol. The van der Waals surface area contributed by atoms with Crippen molar-refractivity contribution in [2.45, 2.75) is 43.9 Å². The summed E-state index contributed by atoms with van der Waals surface area (Å²) < 4.78 is 18.6. The lowest BCUT2D eigenvalue weighted by atomic mass is 9.48. The first-order valence-corrected chi connectivity index (χ1v) is 14.3. The Morgan fingerprint density at radius 1 is 0.537 bits per heavy atom. The van der Waals surface area contributed by atoms with Crippen molar-refractivity contribution in [3.63, 3.8) is 0 Å². The molecule has 210 valence electrons. The molecule has 0 saturated heterocycles. The van der Waals surface area contributed by atoms with E-state index < -0.39 is 0 Å². The van der Waals surface area contributed by atoms with Gasteiger partial charge in [-0.3, -0.25) is 0 Å². The molecule has 0 radical (unpaired) electrons. The lowest BCUT2D eigenvalue weighted by molar-refractivity contribution is -0.00605. The third-order valence-corrected chi connectivity index (χ3v) is 9.09. The maximum Gasteiger partial charge on any atom is 0.142 e. The van der Waals surface area contributed by atoms with Crippen LogP contribution in [-0.2, 0) is 5.41 Å². The topological polar surface area (TPSA) is 120 Å². The summed E-state index contributed by atoms with van der Waals surface area (Å²) in [6, 6.07) is 23.3. The zero-order valence-electron chi connectivity index (χ0n) is 22.8. The van der Waals surface area contributed by atoms with Crippen LogP contribution in [0.3, 0.4) is 0 Å². The minimum absolute atomic E-state index is 0.0134. The quantitative estimate of drug-likeness (QED) is 0.135. The molecule has 7 heteroatoms. The molecule has 0 amide bonds. The van der Waals surface area contributed by atoms with Gasteiger partial charge in [0.15, 0.2) is 0 Å². The highest BCUT2D eigenvalue weighted by Gasteiger charge is 2.52. The van der Waals surface area contributed by atoms with Gasteiger partial charge >= 0.3 is 0 Å². The van der Waals surface area contributed by atoms with Gasteiger partial charge in [0.1, 0.15) is 46.0 Å². The van der Waals surface area contributed by atoms with E-state index in [2.05, 4.69) is 6.07 Å². The average Bonchev–Trinajstić information content (AvgIpc) is 2.94. The maximum atomic E-state index is 10.2. The zero-order chi connectivity index (χ0) is 28.1. The molecular formula is C34H34N2O5. The molecule has 4 fully saturated rings. The minimum atomic E-state index is -0.0158. The first-order valence-electron chi connectivity index (χ1n) is 14.3. The van der Waals surface area contributed by atoms with E-state index in [1.54, 1.807) is 30.3 Å². The van der Waals surface area contributed by atoms with E-state index in [4.69, 9.17) is 25.7 Å². The summed E-state index contributed by atoms with van der Waals surface area (Å²) in [5, 5.41) is 20.0. The highest BCUT2D eigenvalue weighted by Crippen LogP contribution is 2.62. The maximum absolute atomic E-state index is 10.2. The predicted octanol–water partition coefficient (Wildman–Crippen LogP) is 8.11. The third kappa shape index (κ3) is 4.97. The number of aromatic hydroxyl groups is 2. The number of hydrogen-bond acceptors (Lipinski definition) is 7. The first-order chi connectivity index (χ1) is 19.8. The summed E-state index contributed by atoms with van der Waals surface area (Å²) in [5.41, 5.74) is 13.4. The van der Waals surface area contributed by atoms with E-state index in [0.29, 0.717) is 34.4 Å². The van der Waals surface area contributed by atoms with Crippen LogP contribution in [0.15, 0.2) is 78.9 Å². The van der Waals surface area contributed by atoms with Crippen molar-refractivity contribution < 1.29 is 24.4 Å². The smallest absolute Gasteiger partial charge is 0.142 e. The molecule has 0 aromatic heterocycles. The molecule has 4 aliphatic carbocycles. The second kappa shape index (κ2) is 9.84. The van der Waals surface area contributed by atoms with E-state index in [0.717, 1.165) is 29.3 Å². The summed E-state index contributed by atoms with van der Waals surface area (Å²) in [6.07, 6.45) is 7.58. The Kier molecular flexibility index (Phi) is 6.11.